The van der Waals surface area contributed by atoms with Crippen LogP contribution in [-0.4, -0.2) is 19.1 Å². The molecular weight excluding hydrogens is 166 g/mol. The van der Waals surface area contributed by atoms with Gasteiger partial charge in [0.2, 0.25) is 5.91 Å². The first-order chi connectivity index (χ1) is 6.27. The van der Waals surface area contributed by atoms with Gasteiger partial charge in [0.1, 0.15) is 0 Å². The van der Waals surface area contributed by atoms with Gasteiger partial charge in [0.25, 0.3) is 0 Å². The van der Waals surface area contributed by atoms with Gasteiger partial charge in [-0.1, -0.05) is 0 Å². The van der Waals surface area contributed by atoms with Crippen LogP contribution in [0.1, 0.15) is 12.8 Å². The Morgan fingerprint density at radius 2 is 2.31 bits per heavy atom. The van der Waals surface area contributed by atoms with Gasteiger partial charge >= 0.3 is 0 Å². The number of carbonyl (C=O) groups excluding carboxylic acids is 1. The summed E-state index contributed by atoms with van der Waals surface area (Å²) in [5.41, 5.74) is 8.37. The summed E-state index contributed by atoms with van der Waals surface area (Å²) in [5.74, 6) is -0.299. The third-order valence-corrected chi connectivity index (χ3v) is 2.45. The van der Waals surface area contributed by atoms with Crippen LogP contribution in [0.3, 0.4) is 0 Å². The molecule has 1 heterocycles. The Kier molecular flexibility index (Phi) is 2.06. The van der Waals surface area contributed by atoms with Gasteiger partial charge in [-0.15, -0.1) is 0 Å². The zero-order valence-corrected chi connectivity index (χ0v) is 7.39. The van der Waals surface area contributed by atoms with Crippen molar-refractivity contribution in [3.05, 3.63) is 22.9 Å². The maximum absolute atomic E-state index is 10.9. The van der Waals surface area contributed by atoms with Crippen LogP contribution < -0.4 is 16.4 Å². The minimum atomic E-state index is -0.299. The molecule has 0 saturated heterocycles. The molecule has 0 bridgehead atoms. The fourth-order valence-corrected chi connectivity index (χ4v) is 1.69. The summed E-state index contributed by atoms with van der Waals surface area (Å²) in [5, 5.41) is 6.40. The normalized spacial score (nSPS) is 21.7. The first-order valence-electron chi connectivity index (χ1n) is 4.44. The molecule has 0 fully saturated rings. The van der Waals surface area contributed by atoms with E-state index in [1.807, 2.05) is 6.08 Å². The second-order valence-corrected chi connectivity index (χ2v) is 3.33. The minimum Gasteiger partial charge on any atom is -0.372 e. The van der Waals surface area contributed by atoms with Crippen LogP contribution in [0.4, 0.5) is 0 Å². The van der Waals surface area contributed by atoms with Gasteiger partial charge in [-0.25, -0.2) is 0 Å². The highest BCUT2D eigenvalue weighted by atomic mass is 16.1. The number of hydrogen-bond acceptors (Lipinski definition) is 3. The Morgan fingerprint density at radius 3 is 3.08 bits per heavy atom. The van der Waals surface area contributed by atoms with Gasteiger partial charge < -0.3 is 11.1 Å². The monoisotopic (exact) mass is 179 g/mol. The standard InChI is InChI=1S/C9H13N3O/c10-9(13)6-1-2-7-4-11-5-12-8(7)3-6/h3,11-12H,1-2,4-5H2,(H2,10,13). The lowest BCUT2D eigenvalue weighted by atomic mass is 9.94. The van der Waals surface area contributed by atoms with Gasteiger partial charge in [0, 0.05) is 17.8 Å². The van der Waals surface area contributed by atoms with E-state index >= 15 is 0 Å². The average Bonchev–Trinajstić information content (AvgIpc) is 2.17. The molecule has 0 aromatic rings. The number of nitrogens with one attached hydrogen (secondary N) is 2. The summed E-state index contributed by atoms with van der Waals surface area (Å²) >= 11 is 0. The zero-order chi connectivity index (χ0) is 9.26. The van der Waals surface area contributed by atoms with Crippen molar-refractivity contribution in [3.63, 3.8) is 0 Å². The Labute approximate surface area is 76.9 Å². The lowest BCUT2D eigenvalue weighted by Gasteiger charge is -2.25. The molecule has 4 heteroatoms. The lowest BCUT2D eigenvalue weighted by Crippen LogP contribution is -2.37. The molecule has 0 aromatic carbocycles. The molecule has 2 aliphatic rings. The van der Waals surface area contributed by atoms with Crippen molar-refractivity contribution in [2.45, 2.75) is 12.8 Å². The van der Waals surface area contributed by atoms with Crippen molar-refractivity contribution in [1.82, 2.24) is 10.6 Å². The van der Waals surface area contributed by atoms with Gasteiger partial charge in [-0.2, -0.15) is 0 Å². The van der Waals surface area contributed by atoms with Crippen molar-refractivity contribution in [3.8, 4) is 0 Å². The molecule has 1 amide bonds. The van der Waals surface area contributed by atoms with E-state index in [0.29, 0.717) is 0 Å². The van der Waals surface area contributed by atoms with Crippen molar-refractivity contribution in [2.24, 2.45) is 5.73 Å². The molecule has 1 aliphatic carbocycles. The highest BCUT2D eigenvalue weighted by Gasteiger charge is 2.17. The van der Waals surface area contributed by atoms with E-state index in [4.69, 9.17) is 5.73 Å². The molecule has 0 spiro atoms. The molecule has 0 aromatic heterocycles. The maximum atomic E-state index is 10.9. The minimum absolute atomic E-state index is 0.299. The number of allylic oxidation sites excluding steroid dienone is 1. The predicted molar refractivity (Wildman–Crippen MR) is 49.5 cm³/mol. The van der Waals surface area contributed by atoms with Gasteiger partial charge in [-0.3, -0.25) is 10.1 Å². The smallest absolute Gasteiger partial charge is 0.244 e. The molecular formula is C9H13N3O. The molecule has 1 aliphatic heterocycles. The summed E-state index contributed by atoms with van der Waals surface area (Å²) < 4.78 is 0. The highest BCUT2D eigenvalue weighted by Crippen LogP contribution is 2.22. The Balaban J connectivity index is 2.25. The summed E-state index contributed by atoms with van der Waals surface area (Å²) in [6.45, 7) is 1.69. The molecule has 13 heavy (non-hydrogen) atoms. The summed E-state index contributed by atoms with van der Waals surface area (Å²) in [4.78, 5) is 10.9. The van der Waals surface area contributed by atoms with Crippen molar-refractivity contribution in [1.29, 1.82) is 0 Å². The second kappa shape index (κ2) is 3.22. The van der Waals surface area contributed by atoms with E-state index in [-0.39, 0.29) is 5.91 Å². The van der Waals surface area contributed by atoms with Crippen LogP contribution in [0.15, 0.2) is 22.9 Å². The quantitative estimate of drug-likeness (QED) is 0.513. The SMILES string of the molecule is NC(=O)C1=CC2=C(CC1)CNCN2. The largest absolute Gasteiger partial charge is 0.372 e. The third-order valence-electron chi connectivity index (χ3n) is 2.45. The summed E-state index contributed by atoms with van der Waals surface area (Å²) in [6, 6.07) is 0. The first-order valence-corrected chi connectivity index (χ1v) is 4.44. The summed E-state index contributed by atoms with van der Waals surface area (Å²) in [6.07, 6.45) is 3.59. The van der Waals surface area contributed by atoms with Crippen molar-refractivity contribution in [2.75, 3.05) is 13.2 Å². The molecule has 0 saturated carbocycles. The predicted octanol–water partition coefficient (Wildman–Crippen LogP) is -0.404. The van der Waals surface area contributed by atoms with E-state index < -0.39 is 0 Å². The number of hydrogen-bond donors (Lipinski definition) is 3. The fraction of sp³-hybridized carbons (Fsp3) is 0.444. The van der Waals surface area contributed by atoms with Crippen molar-refractivity contribution >= 4 is 5.91 Å². The molecule has 4 nitrogen and oxygen atoms in total. The Bertz CT molecular complexity index is 304. The average molecular weight is 179 g/mol. The van der Waals surface area contributed by atoms with Crippen LogP contribution in [0.25, 0.3) is 0 Å². The molecule has 4 N–H and O–H groups in total. The van der Waals surface area contributed by atoms with Gasteiger partial charge in [0.05, 0.1) is 6.67 Å². The molecule has 70 valence electrons. The van der Waals surface area contributed by atoms with Gasteiger partial charge in [-0.05, 0) is 24.5 Å². The Morgan fingerprint density at radius 1 is 1.46 bits per heavy atom. The number of carbonyl (C=O) groups is 1. The zero-order valence-electron chi connectivity index (χ0n) is 7.39. The maximum Gasteiger partial charge on any atom is 0.244 e. The van der Waals surface area contributed by atoms with Crippen LogP contribution >= 0.6 is 0 Å². The van der Waals surface area contributed by atoms with E-state index in [1.54, 1.807) is 0 Å². The number of nitrogens with two attached hydrogens (primary N) is 1. The third kappa shape index (κ3) is 1.58. The van der Waals surface area contributed by atoms with E-state index in [9.17, 15) is 4.79 Å². The van der Waals surface area contributed by atoms with Crippen LogP contribution in [-0.2, 0) is 4.79 Å². The topological polar surface area (TPSA) is 67.2 Å². The molecule has 2 rings (SSSR count). The van der Waals surface area contributed by atoms with E-state index in [0.717, 1.165) is 37.3 Å². The van der Waals surface area contributed by atoms with Gasteiger partial charge in [0.15, 0.2) is 0 Å². The second-order valence-electron chi connectivity index (χ2n) is 3.33. The number of primary amides is 1. The van der Waals surface area contributed by atoms with Crippen LogP contribution in [0, 0.1) is 0 Å². The summed E-state index contributed by atoms with van der Waals surface area (Å²) in [7, 11) is 0. The van der Waals surface area contributed by atoms with Crippen molar-refractivity contribution < 1.29 is 4.79 Å². The molecule has 0 radical (unpaired) electrons. The van der Waals surface area contributed by atoms with E-state index in [1.165, 1.54) is 5.57 Å². The molecule has 0 unspecified atom stereocenters. The van der Waals surface area contributed by atoms with Crippen LogP contribution in [0.2, 0.25) is 0 Å². The van der Waals surface area contributed by atoms with E-state index in [2.05, 4.69) is 10.6 Å². The fourth-order valence-electron chi connectivity index (χ4n) is 1.69. The highest BCUT2D eigenvalue weighted by molar-refractivity contribution is 5.92. The molecule has 0 atom stereocenters. The number of rotatable bonds is 1. The lowest BCUT2D eigenvalue weighted by molar-refractivity contribution is -0.114. The van der Waals surface area contributed by atoms with Crippen LogP contribution in [0.5, 0.6) is 0 Å². The Hall–Kier alpha value is -1.29. The number of amides is 1. The first kappa shape index (κ1) is 8.31.